The molecule has 0 saturated carbocycles. The molecule has 2 rings (SSSR count). The molecule has 1 aliphatic rings. The maximum atomic E-state index is 10.1. The third-order valence-corrected chi connectivity index (χ3v) is 3.04. The maximum absolute atomic E-state index is 10.1. The summed E-state index contributed by atoms with van der Waals surface area (Å²) < 4.78 is 11.2. The fraction of sp³-hybridized carbons (Fsp3) is 0.467. The molecule has 3 nitrogen and oxygen atoms in total. The summed E-state index contributed by atoms with van der Waals surface area (Å²) in [6.45, 7) is 3.98. The predicted octanol–water partition coefficient (Wildman–Crippen LogP) is 3.02. The van der Waals surface area contributed by atoms with Gasteiger partial charge in [-0.25, -0.2) is 0 Å². The van der Waals surface area contributed by atoms with Crippen LogP contribution >= 0.6 is 0 Å². The van der Waals surface area contributed by atoms with Crippen molar-refractivity contribution in [1.29, 1.82) is 0 Å². The van der Waals surface area contributed by atoms with Crippen molar-refractivity contribution in [2.75, 3.05) is 7.11 Å². The number of methoxy groups -OCH3 is 1. The van der Waals surface area contributed by atoms with Crippen LogP contribution < -0.4 is 9.47 Å². The normalized spacial score (nSPS) is 18.4. The van der Waals surface area contributed by atoms with Gasteiger partial charge in [-0.05, 0) is 38.3 Å². The van der Waals surface area contributed by atoms with Gasteiger partial charge < -0.3 is 14.6 Å². The van der Waals surface area contributed by atoms with Crippen molar-refractivity contribution in [2.24, 2.45) is 0 Å². The van der Waals surface area contributed by atoms with Crippen LogP contribution in [0.2, 0.25) is 0 Å². The van der Waals surface area contributed by atoms with Crippen molar-refractivity contribution in [2.45, 2.75) is 38.9 Å². The van der Waals surface area contributed by atoms with E-state index in [1.807, 2.05) is 32.1 Å². The molecular formula is C15H20O3. The quantitative estimate of drug-likeness (QED) is 0.836. The Morgan fingerprint density at radius 1 is 1.28 bits per heavy atom. The Bertz CT molecular complexity index is 449. The summed E-state index contributed by atoms with van der Waals surface area (Å²) in [7, 11) is 1.64. The monoisotopic (exact) mass is 248 g/mol. The van der Waals surface area contributed by atoms with E-state index in [0.29, 0.717) is 6.42 Å². The summed E-state index contributed by atoms with van der Waals surface area (Å²) in [5.74, 6) is 1.49. The summed E-state index contributed by atoms with van der Waals surface area (Å²) in [6.07, 6.45) is 5.12. The van der Waals surface area contributed by atoms with Gasteiger partial charge in [-0.1, -0.05) is 18.2 Å². The number of ether oxygens (including phenoxy) is 2. The predicted molar refractivity (Wildman–Crippen MR) is 71.2 cm³/mol. The molecule has 0 saturated heterocycles. The molecule has 1 aliphatic carbocycles. The van der Waals surface area contributed by atoms with Gasteiger partial charge in [-0.2, -0.15) is 0 Å². The van der Waals surface area contributed by atoms with E-state index in [1.54, 1.807) is 7.11 Å². The summed E-state index contributed by atoms with van der Waals surface area (Å²) in [6, 6.07) is 3.80. The minimum Gasteiger partial charge on any atom is -0.493 e. The van der Waals surface area contributed by atoms with Crippen molar-refractivity contribution in [3.05, 3.63) is 35.4 Å². The first kappa shape index (κ1) is 13.0. The molecule has 0 spiro atoms. The maximum Gasteiger partial charge on any atom is 0.165 e. The van der Waals surface area contributed by atoms with Crippen LogP contribution in [0.15, 0.2) is 24.3 Å². The number of allylic oxidation sites excluding steroid dienone is 1. The summed E-state index contributed by atoms with van der Waals surface area (Å²) in [5, 5.41) is 10.1. The first-order valence-electron chi connectivity index (χ1n) is 6.33. The van der Waals surface area contributed by atoms with Crippen LogP contribution in [0.5, 0.6) is 11.5 Å². The molecule has 0 bridgehead atoms. The SMILES string of the molecule is COc1ccc2c(c1OC(C)C)CC=CCC2O. The molecule has 0 aliphatic heterocycles. The van der Waals surface area contributed by atoms with E-state index in [9.17, 15) is 5.11 Å². The van der Waals surface area contributed by atoms with Crippen LogP contribution in [0.1, 0.15) is 37.5 Å². The average molecular weight is 248 g/mol. The number of benzene rings is 1. The highest BCUT2D eigenvalue weighted by atomic mass is 16.5. The Balaban J connectivity index is 2.52. The highest BCUT2D eigenvalue weighted by molar-refractivity contribution is 5.53. The van der Waals surface area contributed by atoms with Crippen LogP contribution in [0, 0.1) is 0 Å². The molecule has 0 aromatic heterocycles. The van der Waals surface area contributed by atoms with Crippen LogP contribution in [0.25, 0.3) is 0 Å². The molecule has 18 heavy (non-hydrogen) atoms. The lowest BCUT2D eigenvalue weighted by Gasteiger charge is -2.20. The van der Waals surface area contributed by atoms with Crippen LogP contribution in [-0.2, 0) is 6.42 Å². The van der Waals surface area contributed by atoms with E-state index in [-0.39, 0.29) is 6.10 Å². The molecule has 0 amide bonds. The number of aliphatic hydroxyl groups is 1. The van der Waals surface area contributed by atoms with E-state index in [1.165, 1.54) is 0 Å². The van der Waals surface area contributed by atoms with Crippen molar-refractivity contribution in [1.82, 2.24) is 0 Å². The molecule has 0 heterocycles. The van der Waals surface area contributed by atoms with E-state index in [0.717, 1.165) is 29.0 Å². The molecular weight excluding hydrogens is 228 g/mol. The van der Waals surface area contributed by atoms with Crippen molar-refractivity contribution in [3.63, 3.8) is 0 Å². The fourth-order valence-electron chi connectivity index (χ4n) is 2.22. The number of hydrogen-bond donors (Lipinski definition) is 1. The average Bonchev–Trinajstić information content (AvgIpc) is 2.52. The third-order valence-electron chi connectivity index (χ3n) is 3.04. The van der Waals surface area contributed by atoms with Gasteiger partial charge >= 0.3 is 0 Å². The van der Waals surface area contributed by atoms with Crippen molar-refractivity contribution >= 4 is 0 Å². The van der Waals surface area contributed by atoms with Gasteiger partial charge in [-0.15, -0.1) is 0 Å². The molecule has 3 heteroatoms. The number of fused-ring (bicyclic) bond motifs is 1. The van der Waals surface area contributed by atoms with Crippen LogP contribution in [0.3, 0.4) is 0 Å². The van der Waals surface area contributed by atoms with Crippen molar-refractivity contribution < 1.29 is 14.6 Å². The van der Waals surface area contributed by atoms with E-state index in [2.05, 4.69) is 6.08 Å². The van der Waals surface area contributed by atoms with E-state index in [4.69, 9.17) is 9.47 Å². The Hall–Kier alpha value is -1.48. The zero-order valence-electron chi connectivity index (χ0n) is 11.1. The topological polar surface area (TPSA) is 38.7 Å². The van der Waals surface area contributed by atoms with Gasteiger partial charge in [0.15, 0.2) is 11.5 Å². The van der Waals surface area contributed by atoms with Gasteiger partial charge in [0.25, 0.3) is 0 Å². The smallest absolute Gasteiger partial charge is 0.165 e. The number of rotatable bonds is 3. The lowest BCUT2D eigenvalue weighted by molar-refractivity contribution is 0.179. The van der Waals surface area contributed by atoms with E-state index >= 15 is 0 Å². The molecule has 1 atom stereocenters. The molecule has 1 aromatic rings. The highest BCUT2D eigenvalue weighted by Gasteiger charge is 2.21. The second-order valence-electron chi connectivity index (χ2n) is 4.76. The third kappa shape index (κ3) is 2.51. The Morgan fingerprint density at radius 3 is 2.72 bits per heavy atom. The molecule has 0 fully saturated rings. The molecule has 1 unspecified atom stereocenters. The molecule has 98 valence electrons. The fourth-order valence-corrected chi connectivity index (χ4v) is 2.22. The second-order valence-corrected chi connectivity index (χ2v) is 4.76. The minimum absolute atomic E-state index is 0.0785. The summed E-state index contributed by atoms with van der Waals surface area (Å²) in [4.78, 5) is 0. The van der Waals surface area contributed by atoms with Crippen LogP contribution in [-0.4, -0.2) is 18.3 Å². The Kier molecular flexibility index (Phi) is 3.92. The Labute approximate surface area is 108 Å². The second kappa shape index (κ2) is 5.44. The number of aliphatic hydroxyl groups excluding tert-OH is 1. The standard InChI is InChI=1S/C15H20O3/c1-10(2)18-15-12-6-4-5-7-13(16)11(12)8-9-14(15)17-3/h4-5,8-10,13,16H,6-7H2,1-3H3. The summed E-state index contributed by atoms with van der Waals surface area (Å²) >= 11 is 0. The van der Waals surface area contributed by atoms with Gasteiger partial charge in [0.2, 0.25) is 0 Å². The Morgan fingerprint density at radius 2 is 2.06 bits per heavy atom. The lowest BCUT2D eigenvalue weighted by Crippen LogP contribution is -2.11. The van der Waals surface area contributed by atoms with Gasteiger partial charge in [-0.3, -0.25) is 0 Å². The van der Waals surface area contributed by atoms with E-state index < -0.39 is 6.10 Å². The molecule has 1 N–H and O–H groups in total. The van der Waals surface area contributed by atoms with Gasteiger partial charge in [0.05, 0.1) is 19.3 Å². The van der Waals surface area contributed by atoms with Crippen molar-refractivity contribution in [3.8, 4) is 11.5 Å². The first-order valence-corrected chi connectivity index (χ1v) is 6.33. The zero-order chi connectivity index (χ0) is 13.1. The molecule has 0 radical (unpaired) electrons. The summed E-state index contributed by atoms with van der Waals surface area (Å²) in [5.41, 5.74) is 1.97. The first-order chi connectivity index (χ1) is 8.63. The zero-order valence-corrected chi connectivity index (χ0v) is 11.1. The highest BCUT2D eigenvalue weighted by Crippen LogP contribution is 2.39. The van der Waals surface area contributed by atoms with Gasteiger partial charge in [0, 0.05) is 5.56 Å². The largest absolute Gasteiger partial charge is 0.493 e. The van der Waals surface area contributed by atoms with Gasteiger partial charge in [0.1, 0.15) is 0 Å². The number of hydrogen-bond acceptors (Lipinski definition) is 3. The minimum atomic E-state index is -0.459. The van der Waals surface area contributed by atoms with Crippen LogP contribution in [0.4, 0.5) is 0 Å². The molecule has 1 aromatic carbocycles. The lowest BCUT2D eigenvalue weighted by atomic mass is 9.99.